The van der Waals surface area contributed by atoms with E-state index in [4.69, 9.17) is 10.5 Å². The van der Waals surface area contributed by atoms with E-state index in [1.165, 1.54) is 11.3 Å². The predicted molar refractivity (Wildman–Crippen MR) is 75.1 cm³/mol. The fourth-order valence-electron chi connectivity index (χ4n) is 1.44. The molecule has 0 aliphatic rings. The molecule has 0 amide bonds. The lowest BCUT2D eigenvalue weighted by Gasteiger charge is -1.96. The fraction of sp³-hybridized carbons (Fsp3) is 0.0714. The number of hydrogen-bond acceptors (Lipinski definition) is 4. The summed E-state index contributed by atoms with van der Waals surface area (Å²) in [7, 11) is 1.62. The number of methoxy groups -OCH3 is 1. The first-order chi connectivity index (χ1) is 8.69. The Labute approximate surface area is 110 Å². The number of ether oxygens (including phenoxy) is 1. The third-order valence-electron chi connectivity index (χ3n) is 2.40. The number of nitrogen functional groups attached to an aromatic ring is 1. The Hall–Kier alpha value is -2.07. The van der Waals surface area contributed by atoms with Gasteiger partial charge in [-0.05, 0) is 48.6 Å². The fourth-order valence-corrected chi connectivity index (χ4v) is 2.16. The van der Waals surface area contributed by atoms with Gasteiger partial charge in [-0.25, -0.2) is 0 Å². The first-order valence-electron chi connectivity index (χ1n) is 5.41. The van der Waals surface area contributed by atoms with E-state index in [0.29, 0.717) is 11.3 Å². The highest BCUT2D eigenvalue weighted by Crippen LogP contribution is 2.24. The van der Waals surface area contributed by atoms with E-state index in [1.54, 1.807) is 43.5 Å². The van der Waals surface area contributed by atoms with Crippen molar-refractivity contribution in [2.75, 3.05) is 12.8 Å². The van der Waals surface area contributed by atoms with Crippen molar-refractivity contribution >= 4 is 28.9 Å². The number of benzene rings is 1. The van der Waals surface area contributed by atoms with Crippen molar-refractivity contribution in [1.29, 1.82) is 0 Å². The minimum atomic E-state index is -0.0395. The van der Waals surface area contributed by atoms with Gasteiger partial charge in [-0.1, -0.05) is 11.3 Å². The molecule has 2 rings (SSSR count). The van der Waals surface area contributed by atoms with Gasteiger partial charge in [0.2, 0.25) is 0 Å². The van der Waals surface area contributed by atoms with E-state index in [0.717, 1.165) is 9.94 Å². The average Bonchev–Trinajstić information content (AvgIpc) is 2.85. The van der Waals surface area contributed by atoms with Crippen LogP contribution in [0.5, 0.6) is 5.06 Å². The molecule has 3 nitrogen and oxygen atoms in total. The van der Waals surface area contributed by atoms with Crippen LogP contribution in [0, 0.1) is 0 Å². The van der Waals surface area contributed by atoms with Crippen LogP contribution >= 0.6 is 11.3 Å². The number of allylic oxidation sites excluding steroid dienone is 1. The van der Waals surface area contributed by atoms with Gasteiger partial charge in [0.15, 0.2) is 10.8 Å². The van der Waals surface area contributed by atoms with Gasteiger partial charge in [-0.15, -0.1) is 0 Å². The van der Waals surface area contributed by atoms with Gasteiger partial charge < -0.3 is 10.5 Å². The first-order valence-corrected chi connectivity index (χ1v) is 6.22. The van der Waals surface area contributed by atoms with Gasteiger partial charge in [0, 0.05) is 16.1 Å². The van der Waals surface area contributed by atoms with Crippen molar-refractivity contribution in [2.24, 2.45) is 0 Å². The largest absolute Gasteiger partial charge is 0.487 e. The normalized spacial score (nSPS) is 10.7. The molecule has 0 spiro atoms. The highest BCUT2D eigenvalue weighted by molar-refractivity contribution is 7.14. The molecule has 0 bridgehead atoms. The van der Waals surface area contributed by atoms with Crippen LogP contribution in [0.15, 0.2) is 42.5 Å². The zero-order chi connectivity index (χ0) is 13.0. The summed E-state index contributed by atoms with van der Waals surface area (Å²) in [6.07, 6.45) is 3.34. The molecule has 0 radical (unpaired) electrons. The van der Waals surface area contributed by atoms with E-state index in [1.807, 2.05) is 12.1 Å². The van der Waals surface area contributed by atoms with Crippen molar-refractivity contribution in [3.8, 4) is 5.06 Å². The molecule has 2 N–H and O–H groups in total. The highest BCUT2D eigenvalue weighted by atomic mass is 32.1. The number of carbonyl (C=O) groups excluding carboxylic acids is 1. The molecule has 4 heteroatoms. The zero-order valence-corrected chi connectivity index (χ0v) is 10.7. The Morgan fingerprint density at radius 3 is 2.56 bits per heavy atom. The minimum Gasteiger partial charge on any atom is -0.487 e. The number of ketones is 1. The first kappa shape index (κ1) is 12.4. The van der Waals surface area contributed by atoms with Crippen LogP contribution in [-0.2, 0) is 0 Å². The smallest absolute Gasteiger partial charge is 0.185 e. The molecular formula is C14H13NO2S. The maximum absolute atomic E-state index is 11.9. The van der Waals surface area contributed by atoms with Gasteiger partial charge in [0.1, 0.15) is 0 Å². The maximum atomic E-state index is 11.9. The van der Waals surface area contributed by atoms with Crippen molar-refractivity contribution in [3.63, 3.8) is 0 Å². The van der Waals surface area contributed by atoms with Crippen molar-refractivity contribution in [1.82, 2.24) is 0 Å². The highest BCUT2D eigenvalue weighted by Gasteiger charge is 2.01. The van der Waals surface area contributed by atoms with E-state index >= 15 is 0 Å². The summed E-state index contributed by atoms with van der Waals surface area (Å²) < 4.78 is 5.09. The van der Waals surface area contributed by atoms with Gasteiger partial charge in [0.05, 0.1) is 7.11 Å². The molecule has 0 unspecified atom stereocenters. The van der Waals surface area contributed by atoms with Crippen LogP contribution in [0.3, 0.4) is 0 Å². The number of nitrogens with two attached hydrogens (primary N) is 1. The summed E-state index contributed by atoms with van der Waals surface area (Å²) in [6.45, 7) is 0. The van der Waals surface area contributed by atoms with Gasteiger partial charge >= 0.3 is 0 Å². The number of anilines is 1. The minimum absolute atomic E-state index is 0.0395. The third kappa shape index (κ3) is 2.99. The molecule has 0 aliphatic heterocycles. The molecule has 1 aromatic heterocycles. The van der Waals surface area contributed by atoms with Crippen LogP contribution in [0.4, 0.5) is 5.69 Å². The second-order valence-electron chi connectivity index (χ2n) is 3.68. The predicted octanol–water partition coefficient (Wildman–Crippen LogP) is 3.24. The molecule has 0 saturated heterocycles. The van der Waals surface area contributed by atoms with Crippen LogP contribution in [-0.4, -0.2) is 12.9 Å². The second kappa shape index (κ2) is 5.51. The Bertz CT molecular complexity index is 570. The molecule has 1 heterocycles. The molecule has 18 heavy (non-hydrogen) atoms. The van der Waals surface area contributed by atoms with E-state index < -0.39 is 0 Å². The summed E-state index contributed by atoms with van der Waals surface area (Å²) in [5.74, 6) is -0.0395. The third-order valence-corrected chi connectivity index (χ3v) is 3.41. The van der Waals surface area contributed by atoms with Crippen LogP contribution in [0.1, 0.15) is 15.2 Å². The molecule has 2 aromatic rings. The lowest BCUT2D eigenvalue weighted by Crippen LogP contribution is -1.94. The standard InChI is InChI=1S/C14H13NO2S/c1-17-14-9-7-12(18-14)6-8-13(16)10-2-4-11(15)5-3-10/h2-9H,15H2,1H3/b8-6+. The van der Waals surface area contributed by atoms with Gasteiger partial charge in [-0.3, -0.25) is 4.79 Å². The molecule has 0 atom stereocenters. The van der Waals surface area contributed by atoms with E-state index in [-0.39, 0.29) is 5.78 Å². The second-order valence-corrected chi connectivity index (χ2v) is 4.76. The Kier molecular flexibility index (Phi) is 3.79. The van der Waals surface area contributed by atoms with Crippen molar-refractivity contribution < 1.29 is 9.53 Å². The summed E-state index contributed by atoms with van der Waals surface area (Å²) in [5.41, 5.74) is 6.85. The van der Waals surface area contributed by atoms with Gasteiger partial charge in [-0.2, -0.15) is 0 Å². The Morgan fingerprint density at radius 2 is 1.94 bits per heavy atom. The van der Waals surface area contributed by atoms with Crippen molar-refractivity contribution in [3.05, 3.63) is 52.9 Å². The Morgan fingerprint density at radius 1 is 1.22 bits per heavy atom. The van der Waals surface area contributed by atoms with Crippen LogP contribution in [0.25, 0.3) is 6.08 Å². The van der Waals surface area contributed by atoms with E-state index in [2.05, 4.69) is 0 Å². The number of carbonyl (C=O) groups is 1. The average molecular weight is 259 g/mol. The summed E-state index contributed by atoms with van der Waals surface area (Å²) in [5, 5.41) is 0.828. The molecule has 0 aliphatic carbocycles. The van der Waals surface area contributed by atoms with Crippen molar-refractivity contribution in [2.45, 2.75) is 0 Å². The summed E-state index contributed by atoms with van der Waals surface area (Å²) >= 11 is 1.49. The van der Waals surface area contributed by atoms with Crippen LogP contribution < -0.4 is 10.5 Å². The van der Waals surface area contributed by atoms with E-state index in [9.17, 15) is 4.79 Å². The molecule has 0 fully saturated rings. The molecular weight excluding hydrogens is 246 g/mol. The lowest BCUT2D eigenvalue weighted by molar-refractivity contribution is 0.104. The number of rotatable bonds is 4. The molecule has 92 valence electrons. The van der Waals surface area contributed by atoms with Gasteiger partial charge in [0.25, 0.3) is 0 Å². The zero-order valence-electron chi connectivity index (χ0n) is 9.92. The molecule has 0 saturated carbocycles. The monoisotopic (exact) mass is 259 g/mol. The maximum Gasteiger partial charge on any atom is 0.185 e. The lowest BCUT2D eigenvalue weighted by atomic mass is 10.1. The number of thiophene rings is 1. The summed E-state index contributed by atoms with van der Waals surface area (Å²) in [4.78, 5) is 12.8. The Balaban J connectivity index is 2.09. The SMILES string of the molecule is COc1ccc(/C=C/C(=O)c2ccc(N)cc2)s1. The summed E-state index contributed by atoms with van der Waals surface area (Å²) in [6, 6.07) is 10.7. The molecule has 1 aromatic carbocycles. The topological polar surface area (TPSA) is 52.3 Å². The number of hydrogen-bond donors (Lipinski definition) is 1. The quantitative estimate of drug-likeness (QED) is 0.521. The van der Waals surface area contributed by atoms with Crippen LogP contribution in [0.2, 0.25) is 0 Å².